The number of rotatable bonds is 5. The maximum absolute atomic E-state index is 13.2. The smallest absolute Gasteiger partial charge is 0.228 e. The minimum atomic E-state index is -0.312. The first-order chi connectivity index (χ1) is 17.1. The molecule has 2 amide bonds. The lowest BCUT2D eigenvalue weighted by Crippen LogP contribution is -2.51. The molecule has 186 valence electrons. The summed E-state index contributed by atoms with van der Waals surface area (Å²) in [4.78, 5) is 34.0. The zero-order chi connectivity index (χ0) is 24.2. The Labute approximate surface area is 206 Å². The summed E-state index contributed by atoms with van der Waals surface area (Å²) >= 11 is 0. The van der Waals surface area contributed by atoms with Crippen molar-refractivity contribution >= 4 is 29.1 Å². The Morgan fingerprint density at radius 2 is 1.54 bits per heavy atom. The van der Waals surface area contributed by atoms with Crippen molar-refractivity contribution in [3.63, 3.8) is 0 Å². The van der Waals surface area contributed by atoms with Gasteiger partial charge in [-0.25, -0.2) is 0 Å². The van der Waals surface area contributed by atoms with Crippen molar-refractivity contribution in [3.8, 4) is 5.75 Å². The van der Waals surface area contributed by atoms with Crippen LogP contribution in [0.2, 0.25) is 0 Å². The van der Waals surface area contributed by atoms with E-state index in [0.29, 0.717) is 38.5 Å². The van der Waals surface area contributed by atoms with E-state index in [9.17, 15) is 9.59 Å². The molecule has 0 N–H and O–H groups in total. The van der Waals surface area contributed by atoms with Crippen LogP contribution in [-0.2, 0) is 9.59 Å². The predicted octanol–water partition coefficient (Wildman–Crippen LogP) is 2.57. The summed E-state index contributed by atoms with van der Waals surface area (Å²) in [6.45, 7) is 5.18. The molecule has 9 nitrogen and oxygen atoms in total. The Morgan fingerprint density at radius 1 is 0.886 bits per heavy atom. The molecule has 0 bridgehead atoms. The fourth-order valence-electron chi connectivity index (χ4n) is 5.27. The number of benzene rings is 1. The molecule has 3 fully saturated rings. The standard InChI is InChI=1S/C26H34N6O3/c1-35-22-8-6-7-21(18-22)32-19-20(17-25(32)33)26(34)31-15-13-30(14-16-31)24-10-9-23(27-28-24)29-11-4-2-3-5-12-29/h6-10,18,20H,2-5,11-17,19H2,1H3. The molecule has 1 aromatic heterocycles. The Balaban J connectivity index is 1.15. The molecule has 0 aliphatic carbocycles. The maximum atomic E-state index is 13.2. The highest BCUT2D eigenvalue weighted by molar-refractivity contribution is 6.00. The summed E-state index contributed by atoms with van der Waals surface area (Å²) in [5, 5.41) is 8.99. The van der Waals surface area contributed by atoms with E-state index >= 15 is 0 Å². The van der Waals surface area contributed by atoms with E-state index in [-0.39, 0.29) is 24.2 Å². The Morgan fingerprint density at radius 3 is 2.17 bits per heavy atom. The number of ether oxygens (including phenoxy) is 1. The molecule has 35 heavy (non-hydrogen) atoms. The average Bonchev–Trinajstić information content (AvgIpc) is 3.11. The number of amides is 2. The summed E-state index contributed by atoms with van der Waals surface area (Å²) in [5.41, 5.74) is 0.775. The molecule has 1 atom stereocenters. The van der Waals surface area contributed by atoms with E-state index in [0.717, 1.165) is 30.4 Å². The highest BCUT2D eigenvalue weighted by atomic mass is 16.5. The molecule has 3 aliphatic rings. The van der Waals surface area contributed by atoms with Crippen LogP contribution < -0.4 is 19.4 Å². The van der Waals surface area contributed by atoms with Gasteiger partial charge in [0, 0.05) is 64.0 Å². The van der Waals surface area contributed by atoms with E-state index in [4.69, 9.17) is 4.74 Å². The van der Waals surface area contributed by atoms with Crippen LogP contribution >= 0.6 is 0 Å². The van der Waals surface area contributed by atoms with Crippen molar-refractivity contribution in [1.29, 1.82) is 0 Å². The van der Waals surface area contributed by atoms with Gasteiger partial charge in [0.2, 0.25) is 11.8 Å². The van der Waals surface area contributed by atoms with Crippen molar-refractivity contribution in [2.75, 3.05) is 67.6 Å². The monoisotopic (exact) mass is 478 g/mol. The van der Waals surface area contributed by atoms with Gasteiger partial charge in [0.05, 0.1) is 13.0 Å². The van der Waals surface area contributed by atoms with Crippen LogP contribution in [-0.4, -0.2) is 79.8 Å². The SMILES string of the molecule is COc1cccc(N2CC(C(=O)N3CCN(c4ccc(N5CCCCCC5)nn4)CC3)CC2=O)c1. The van der Waals surface area contributed by atoms with Crippen molar-refractivity contribution in [3.05, 3.63) is 36.4 Å². The summed E-state index contributed by atoms with van der Waals surface area (Å²) in [6, 6.07) is 11.5. The first-order valence-electron chi connectivity index (χ1n) is 12.7. The third-order valence-corrected chi connectivity index (χ3v) is 7.32. The van der Waals surface area contributed by atoms with Gasteiger partial charge in [-0.1, -0.05) is 18.9 Å². The number of piperazine rings is 1. The number of hydrogen-bond donors (Lipinski definition) is 0. The molecule has 4 heterocycles. The molecule has 0 spiro atoms. The molecular formula is C26H34N6O3. The van der Waals surface area contributed by atoms with Gasteiger partial charge in [0.25, 0.3) is 0 Å². The van der Waals surface area contributed by atoms with Crippen molar-refractivity contribution in [1.82, 2.24) is 15.1 Å². The summed E-state index contributed by atoms with van der Waals surface area (Å²) < 4.78 is 5.28. The number of carbonyl (C=O) groups excluding carboxylic acids is 2. The topological polar surface area (TPSA) is 82.1 Å². The van der Waals surface area contributed by atoms with E-state index in [1.165, 1.54) is 25.7 Å². The van der Waals surface area contributed by atoms with Crippen LogP contribution in [0.3, 0.4) is 0 Å². The molecule has 3 saturated heterocycles. The Bertz CT molecular complexity index is 1030. The first-order valence-corrected chi connectivity index (χ1v) is 12.7. The lowest BCUT2D eigenvalue weighted by atomic mass is 10.1. The lowest BCUT2D eigenvalue weighted by molar-refractivity contribution is -0.136. The molecule has 5 rings (SSSR count). The molecule has 9 heteroatoms. The van der Waals surface area contributed by atoms with Crippen molar-refractivity contribution < 1.29 is 14.3 Å². The Hall–Kier alpha value is -3.36. The number of anilines is 3. The third-order valence-electron chi connectivity index (χ3n) is 7.32. The second-order valence-electron chi connectivity index (χ2n) is 9.57. The van der Waals surface area contributed by atoms with Crippen LogP contribution in [0.15, 0.2) is 36.4 Å². The highest BCUT2D eigenvalue weighted by Gasteiger charge is 2.38. The summed E-state index contributed by atoms with van der Waals surface area (Å²) in [6.07, 6.45) is 5.25. The maximum Gasteiger partial charge on any atom is 0.228 e. The fourth-order valence-corrected chi connectivity index (χ4v) is 5.27. The third kappa shape index (κ3) is 5.18. The second kappa shape index (κ2) is 10.5. The number of carbonyl (C=O) groups is 2. The predicted molar refractivity (Wildman–Crippen MR) is 135 cm³/mol. The van der Waals surface area contributed by atoms with Crippen LogP contribution in [0.5, 0.6) is 5.75 Å². The van der Waals surface area contributed by atoms with E-state index in [1.54, 1.807) is 12.0 Å². The van der Waals surface area contributed by atoms with Gasteiger partial charge in [-0.05, 0) is 37.1 Å². The zero-order valence-corrected chi connectivity index (χ0v) is 20.4. The molecule has 1 unspecified atom stereocenters. The average molecular weight is 479 g/mol. The van der Waals surface area contributed by atoms with Crippen LogP contribution in [0.1, 0.15) is 32.1 Å². The number of hydrogen-bond acceptors (Lipinski definition) is 7. The quantitative estimate of drug-likeness (QED) is 0.653. The summed E-state index contributed by atoms with van der Waals surface area (Å²) in [5.74, 6) is 2.24. The molecular weight excluding hydrogens is 444 g/mol. The van der Waals surface area contributed by atoms with Gasteiger partial charge < -0.3 is 24.3 Å². The first kappa shape index (κ1) is 23.4. The minimum Gasteiger partial charge on any atom is -0.497 e. The largest absolute Gasteiger partial charge is 0.497 e. The van der Waals surface area contributed by atoms with Gasteiger partial charge in [0.1, 0.15) is 5.75 Å². The molecule has 1 aromatic carbocycles. The minimum absolute atomic E-state index is 0.0185. The van der Waals surface area contributed by atoms with Gasteiger partial charge >= 0.3 is 0 Å². The van der Waals surface area contributed by atoms with Gasteiger partial charge in [-0.3, -0.25) is 9.59 Å². The van der Waals surface area contributed by atoms with Crippen molar-refractivity contribution in [2.45, 2.75) is 32.1 Å². The second-order valence-corrected chi connectivity index (χ2v) is 9.57. The van der Waals surface area contributed by atoms with Gasteiger partial charge in [0.15, 0.2) is 11.6 Å². The highest BCUT2D eigenvalue weighted by Crippen LogP contribution is 2.29. The van der Waals surface area contributed by atoms with Crippen LogP contribution in [0.4, 0.5) is 17.3 Å². The van der Waals surface area contributed by atoms with E-state index in [1.807, 2.05) is 35.2 Å². The van der Waals surface area contributed by atoms with Gasteiger partial charge in [-0.15, -0.1) is 10.2 Å². The van der Waals surface area contributed by atoms with Crippen LogP contribution in [0, 0.1) is 5.92 Å². The zero-order valence-electron chi connectivity index (χ0n) is 20.4. The normalized spacial score (nSPS) is 21.3. The number of nitrogens with zero attached hydrogens (tertiary/aromatic N) is 6. The fraction of sp³-hybridized carbons (Fsp3) is 0.538. The van der Waals surface area contributed by atoms with Gasteiger partial charge in [-0.2, -0.15) is 0 Å². The van der Waals surface area contributed by atoms with E-state index < -0.39 is 0 Å². The molecule has 3 aliphatic heterocycles. The number of methoxy groups -OCH3 is 1. The number of aromatic nitrogens is 2. The van der Waals surface area contributed by atoms with Crippen molar-refractivity contribution in [2.24, 2.45) is 5.92 Å². The molecule has 0 radical (unpaired) electrons. The van der Waals surface area contributed by atoms with E-state index in [2.05, 4.69) is 26.1 Å². The molecule has 0 saturated carbocycles. The van der Waals surface area contributed by atoms with Crippen LogP contribution in [0.25, 0.3) is 0 Å². The summed E-state index contributed by atoms with van der Waals surface area (Å²) in [7, 11) is 1.60. The lowest BCUT2D eigenvalue weighted by Gasteiger charge is -2.36. The molecule has 2 aromatic rings. The Kier molecular flexibility index (Phi) is 7.01.